The smallest absolute Gasteiger partial charge is 0.329 e. The number of hydrogen-bond acceptors (Lipinski definition) is 4. The number of rotatable bonds is 7. The highest BCUT2D eigenvalue weighted by molar-refractivity contribution is 6.39. The molecule has 0 saturated heterocycles. The van der Waals surface area contributed by atoms with E-state index < -0.39 is 11.8 Å². The van der Waals surface area contributed by atoms with Gasteiger partial charge in [0.05, 0.1) is 12.8 Å². The van der Waals surface area contributed by atoms with Gasteiger partial charge in [0, 0.05) is 5.69 Å². The first-order valence-electron chi connectivity index (χ1n) is 9.07. The molecule has 0 fully saturated rings. The second-order valence-electron chi connectivity index (χ2n) is 5.81. The topological polar surface area (TPSA) is 79.8 Å². The van der Waals surface area contributed by atoms with Crippen LogP contribution in [0.4, 0.5) is 5.69 Å². The summed E-state index contributed by atoms with van der Waals surface area (Å²) < 4.78 is 5.36. The van der Waals surface area contributed by atoms with Crippen molar-refractivity contribution in [3.63, 3.8) is 0 Å². The van der Waals surface area contributed by atoms with Crippen LogP contribution in [0.5, 0.6) is 5.75 Å². The molecule has 27 heavy (non-hydrogen) atoms. The molecule has 0 aliphatic heterocycles. The lowest BCUT2D eigenvalue weighted by Gasteiger charge is -2.13. The van der Waals surface area contributed by atoms with Gasteiger partial charge in [-0.15, -0.1) is 0 Å². The van der Waals surface area contributed by atoms with Crippen LogP contribution in [0.1, 0.15) is 37.5 Å². The Balaban J connectivity index is 1.97. The zero-order valence-electron chi connectivity index (χ0n) is 15.9. The fraction of sp³-hybridized carbons (Fsp3) is 0.286. The molecule has 0 aromatic heterocycles. The highest BCUT2D eigenvalue weighted by Gasteiger charge is 2.16. The van der Waals surface area contributed by atoms with Crippen molar-refractivity contribution < 1.29 is 14.3 Å². The van der Waals surface area contributed by atoms with Crippen LogP contribution in [0.3, 0.4) is 0 Å². The minimum Gasteiger partial charge on any atom is -0.494 e. The van der Waals surface area contributed by atoms with Gasteiger partial charge >= 0.3 is 11.8 Å². The molecule has 142 valence electrons. The summed E-state index contributed by atoms with van der Waals surface area (Å²) in [5, 5.41) is 6.55. The van der Waals surface area contributed by atoms with E-state index in [0.29, 0.717) is 12.3 Å². The Bertz CT molecular complexity index is 792. The van der Waals surface area contributed by atoms with Crippen LogP contribution in [-0.4, -0.2) is 24.6 Å². The van der Waals surface area contributed by atoms with Crippen LogP contribution < -0.4 is 15.5 Å². The molecule has 0 unspecified atom stereocenters. The van der Waals surface area contributed by atoms with E-state index in [0.717, 1.165) is 35.3 Å². The van der Waals surface area contributed by atoms with Crippen molar-refractivity contribution in [2.45, 2.75) is 33.6 Å². The molecule has 2 aromatic rings. The van der Waals surface area contributed by atoms with Crippen molar-refractivity contribution in [2.24, 2.45) is 5.10 Å². The van der Waals surface area contributed by atoms with Crippen LogP contribution in [0, 0.1) is 0 Å². The van der Waals surface area contributed by atoms with Gasteiger partial charge in [0.2, 0.25) is 0 Å². The average Bonchev–Trinajstić information content (AvgIpc) is 2.69. The third-order valence-electron chi connectivity index (χ3n) is 4.01. The van der Waals surface area contributed by atoms with E-state index in [-0.39, 0.29) is 0 Å². The average molecular weight is 367 g/mol. The largest absolute Gasteiger partial charge is 0.494 e. The summed E-state index contributed by atoms with van der Waals surface area (Å²) in [7, 11) is 0. The molecule has 0 saturated carbocycles. The summed E-state index contributed by atoms with van der Waals surface area (Å²) in [5.74, 6) is -0.793. The van der Waals surface area contributed by atoms with E-state index in [4.69, 9.17) is 4.74 Å². The van der Waals surface area contributed by atoms with Crippen LogP contribution in [0.2, 0.25) is 0 Å². The summed E-state index contributed by atoms with van der Waals surface area (Å²) in [4.78, 5) is 24.2. The summed E-state index contributed by atoms with van der Waals surface area (Å²) in [6.45, 7) is 6.52. The number of nitrogens with zero attached hydrogens (tertiary/aromatic N) is 1. The molecule has 0 atom stereocenters. The molecule has 2 N–H and O–H groups in total. The number of hydrazone groups is 1. The number of amides is 2. The third kappa shape index (κ3) is 5.67. The lowest BCUT2D eigenvalue weighted by molar-refractivity contribution is -0.136. The SMILES string of the molecule is CCOc1ccc(/C=N\NC(=O)C(=O)Nc2c(CC)cccc2CC)cc1. The molecule has 0 radical (unpaired) electrons. The van der Waals surface area contributed by atoms with E-state index in [1.54, 1.807) is 0 Å². The number of hydrogen-bond donors (Lipinski definition) is 2. The first-order valence-corrected chi connectivity index (χ1v) is 9.07. The number of carbonyl (C=O) groups is 2. The van der Waals surface area contributed by atoms with Crippen LogP contribution in [-0.2, 0) is 22.4 Å². The number of ether oxygens (including phenoxy) is 1. The van der Waals surface area contributed by atoms with Gasteiger partial charge in [-0.2, -0.15) is 5.10 Å². The fourth-order valence-electron chi connectivity index (χ4n) is 2.61. The number of carbonyl (C=O) groups excluding carboxylic acids is 2. The van der Waals surface area contributed by atoms with Crippen molar-refractivity contribution in [1.29, 1.82) is 0 Å². The molecule has 6 nitrogen and oxygen atoms in total. The molecule has 0 aliphatic rings. The number of nitrogens with one attached hydrogen (secondary N) is 2. The van der Waals surface area contributed by atoms with Crippen LogP contribution in [0.15, 0.2) is 47.6 Å². The van der Waals surface area contributed by atoms with Crippen LogP contribution >= 0.6 is 0 Å². The first-order chi connectivity index (χ1) is 13.1. The van der Waals surface area contributed by atoms with Crippen LogP contribution in [0.25, 0.3) is 0 Å². The quantitative estimate of drug-likeness (QED) is 0.448. The molecule has 6 heteroatoms. The van der Waals surface area contributed by atoms with E-state index in [9.17, 15) is 9.59 Å². The lowest BCUT2D eigenvalue weighted by Crippen LogP contribution is -2.33. The van der Waals surface area contributed by atoms with E-state index in [1.807, 2.05) is 63.2 Å². The van der Waals surface area contributed by atoms with Gasteiger partial charge in [0.15, 0.2) is 0 Å². The van der Waals surface area contributed by atoms with Crippen molar-refractivity contribution in [2.75, 3.05) is 11.9 Å². The first kappa shape index (κ1) is 20.2. The van der Waals surface area contributed by atoms with Crippen molar-refractivity contribution >= 4 is 23.7 Å². The number of benzene rings is 2. The Morgan fingerprint density at radius 1 is 0.963 bits per heavy atom. The monoisotopic (exact) mass is 367 g/mol. The van der Waals surface area contributed by atoms with Gasteiger partial charge in [0.1, 0.15) is 5.75 Å². The molecule has 2 amide bonds. The zero-order chi connectivity index (χ0) is 19.6. The third-order valence-corrected chi connectivity index (χ3v) is 4.01. The van der Waals surface area contributed by atoms with Gasteiger partial charge in [-0.05, 0) is 60.7 Å². The number of anilines is 1. The minimum atomic E-state index is -0.815. The molecule has 0 aliphatic carbocycles. The number of aryl methyl sites for hydroxylation is 2. The molecule has 0 spiro atoms. The molecule has 2 aromatic carbocycles. The molecule has 2 rings (SSSR count). The van der Waals surface area contributed by atoms with E-state index in [1.165, 1.54) is 6.21 Å². The molecule has 0 heterocycles. The fourth-order valence-corrected chi connectivity index (χ4v) is 2.61. The van der Waals surface area contributed by atoms with Gasteiger partial charge in [-0.1, -0.05) is 32.0 Å². The van der Waals surface area contributed by atoms with Gasteiger partial charge in [-0.25, -0.2) is 5.43 Å². The maximum atomic E-state index is 12.2. The highest BCUT2D eigenvalue weighted by atomic mass is 16.5. The number of para-hydroxylation sites is 1. The maximum absolute atomic E-state index is 12.2. The standard InChI is InChI=1S/C21H25N3O3/c1-4-16-8-7-9-17(5-2)19(16)23-20(25)21(26)24-22-14-15-10-12-18(13-11-15)27-6-3/h7-14H,4-6H2,1-3H3,(H,23,25)(H,24,26)/b22-14-. The van der Waals surface area contributed by atoms with E-state index >= 15 is 0 Å². The van der Waals surface area contributed by atoms with E-state index in [2.05, 4.69) is 15.8 Å². The summed E-state index contributed by atoms with van der Waals surface area (Å²) in [6, 6.07) is 13.1. The predicted octanol–water partition coefficient (Wildman–Crippen LogP) is 3.30. The summed E-state index contributed by atoms with van der Waals surface area (Å²) >= 11 is 0. The minimum absolute atomic E-state index is 0.597. The Morgan fingerprint density at radius 2 is 1.59 bits per heavy atom. The summed E-state index contributed by atoms with van der Waals surface area (Å²) in [5.41, 5.74) is 5.73. The van der Waals surface area contributed by atoms with Crippen molar-refractivity contribution in [1.82, 2.24) is 5.43 Å². The Labute approximate surface area is 159 Å². The molecule has 0 bridgehead atoms. The van der Waals surface area contributed by atoms with Gasteiger partial charge in [-0.3, -0.25) is 9.59 Å². The Hall–Kier alpha value is -3.15. The highest BCUT2D eigenvalue weighted by Crippen LogP contribution is 2.22. The predicted molar refractivity (Wildman–Crippen MR) is 107 cm³/mol. The second kappa shape index (κ2) is 10.1. The Kier molecular flexibility index (Phi) is 7.55. The van der Waals surface area contributed by atoms with Gasteiger partial charge in [0.25, 0.3) is 0 Å². The zero-order valence-corrected chi connectivity index (χ0v) is 15.9. The normalized spacial score (nSPS) is 10.6. The Morgan fingerprint density at radius 3 is 2.15 bits per heavy atom. The molecular weight excluding hydrogens is 342 g/mol. The maximum Gasteiger partial charge on any atom is 0.329 e. The summed E-state index contributed by atoms with van der Waals surface area (Å²) in [6.07, 6.45) is 3.00. The molecular formula is C21H25N3O3. The second-order valence-corrected chi connectivity index (χ2v) is 5.81. The van der Waals surface area contributed by atoms with Gasteiger partial charge < -0.3 is 10.1 Å². The van der Waals surface area contributed by atoms with Crippen molar-refractivity contribution in [3.05, 3.63) is 59.2 Å². The van der Waals surface area contributed by atoms with Crippen molar-refractivity contribution in [3.8, 4) is 5.75 Å². The lowest BCUT2D eigenvalue weighted by atomic mass is 10.0.